The van der Waals surface area contributed by atoms with Crippen molar-refractivity contribution >= 4 is 17.5 Å². The molecule has 1 fully saturated rings. The van der Waals surface area contributed by atoms with Crippen LogP contribution in [0, 0.1) is 20.8 Å². The SMILES string of the molecule is Cc1ccc(C[NH+](C)CC(=O)N2CC[NH+](CC(=O)Nc3c(C)cccc3C)CC2)o1. The van der Waals surface area contributed by atoms with Crippen LogP contribution in [0.15, 0.2) is 34.7 Å². The molecule has 0 radical (unpaired) electrons. The summed E-state index contributed by atoms with van der Waals surface area (Å²) < 4.78 is 5.60. The predicted octanol–water partition coefficient (Wildman–Crippen LogP) is -0.415. The summed E-state index contributed by atoms with van der Waals surface area (Å²) in [4.78, 5) is 29.4. The lowest BCUT2D eigenvalue weighted by molar-refractivity contribution is -0.896. The highest BCUT2D eigenvalue weighted by atomic mass is 16.3. The van der Waals surface area contributed by atoms with E-state index in [1.807, 2.05) is 63.1 Å². The molecule has 3 N–H and O–H groups in total. The van der Waals surface area contributed by atoms with E-state index in [1.54, 1.807) is 0 Å². The van der Waals surface area contributed by atoms with Gasteiger partial charge in [0.2, 0.25) is 0 Å². The van der Waals surface area contributed by atoms with E-state index >= 15 is 0 Å². The van der Waals surface area contributed by atoms with Crippen LogP contribution in [0.4, 0.5) is 5.69 Å². The quantitative estimate of drug-likeness (QED) is 0.577. The molecule has 7 nitrogen and oxygen atoms in total. The molecule has 1 unspecified atom stereocenters. The summed E-state index contributed by atoms with van der Waals surface area (Å²) in [6, 6.07) is 9.92. The third kappa shape index (κ3) is 5.93. The van der Waals surface area contributed by atoms with Gasteiger partial charge in [-0.25, -0.2) is 0 Å². The average molecular weight is 415 g/mol. The number of benzene rings is 1. The molecule has 2 amide bonds. The Morgan fingerprint density at radius 1 is 1.10 bits per heavy atom. The van der Waals surface area contributed by atoms with E-state index in [9.17, 15) is 9.59 Å². The van der Waals surface area contributed by atoms with Gasteiger partial charge in [-0.05, 0) is 44.0 Å². The van der Waals surface area contributed by atoms with E-state index in [-0.39, 0.29) is 11.8 Å². The fourth-order valence-corrected chi connectivity index (χ4v) is 3.98. The fraction of sp³-hybridized carbons (Fsp3) is 0.478. The molecular weight excluding hydrogens is 380 g/mol. The van der Waals surface area contributed by atoms with E-state index < -0.39 is 0 Å². The van der Waals surface area contributed by atoms with Crippen molar-refractivity contribution in [3.05, 3.63) is 53.0 Å². The van der Waals surface area contributed by atoms with Gasteiger partial charge in [-0.3, -0.25) is 9.59 Å². The minimum absolute atomic E-state index is 0.0279. The molecule has 0 spiro atoms. The Kier molecular flexibility index (Phi) is 7.29. The standard InChI is InChI=1S/C23H32N4O3/c1-17-6-5-7-18(2)23(17)24-21(28)15-26-10-12-27(13-11-26)22(29)16-25(4)14-20-9-8-19(3)30-20/h5-9H,10-16H2,1-4H3,(H,24,28)/p+2. The Morgan fingerprint density at radius 2 is 1.77 bits per heavy atom. The number of likely N-dealkylation sites (N-methyl/N-ethyl adjacent to an activating group) is 1. The van der Waals surface area contributed by atoms with Crippen LogP contribution >= 0.6 is 0 Å². The van der Waals surface area contributed by atoms with Gasteiger partial charge in [0.05, 0.1) is 33.2 Å². The van der Waals surface area contributed by atoms with E-state index in [2.05, 4.69) is 5.32 Å². The van der Waals surface area contributed by atoms with Gasteiger partial charge in [0.15, 0.2) is 18.8 Å². The first-order chi connectivity index (χ1) is 14.3. The topological polar surface area (TPSA) is 71.4 Å². The normalized spacial score (nSPS) is 15.8. The first-order valence-electron chi connectivity index (χ1n) is 10.7. The minimum Gasteiger partial charge on any atom is -0.460 e. The van der Waals surface area contributed by atoms with Crippen LogP contribution in [-0.2, 0) is 16.1 Å². The second-order valence-corrected chi connectivity index (χ2v) is 8.45. The zero-order valence-corrected chi connectivity index (χ0v) is 18.5. The van der Waals surface area contributed by atoms with Crippen LogP contribution in [0.25, 0.3) is 0 Å². The van der Waals surface area contributed by atoms with Crippen molar-refractivity contribution in [1.29, 1.82) is 0 Å². The molecule has 1 atom stereocenters. The lowest BCUT2D eigenvalue weighted by Crippen LogP contribution is -3.16. The molecule has 0 bridgehead atoms. The Labute approximate surface area is 178 Å². The van der Waals surface area contributed by atoms with Gasteiger partial charge in [-0.2, -0.15) is 0 Å². The van der Waals surface area contributed by atoms with Crippen molar-refractivity contribution in [3.8, 4) is 0 Å². The molecule has 0 aliphatic carbocycles. The first-order valence-corrected chi connectivity index (χ1v) is 10.7. The molecular formula is C23H34N4O3+2. The van der Waals surface area contributed by atoms with Gasteiger partial charge in [-0.1, -0.05) is 18.2 Å². The summed E-state index contributed by atoms with van der Waals surface area (Å²) in [6.07, 6.45) is 0. The van der Waals surface area contributed by atoms with Crippen LogP contribution in [-0.4, -0.2) is 63.0 Å². The molecule has 0 saturated carbocycles. The maximum atomic E-state index is 12.6. The van der Waals surface area contributed by atoms with Gasteiger partial charge in [0.1, 0.15) is 12.3 Å². The Bertz CT molecular complexity index is 864. The lowest BCUT2D eigenvalue weighted by atomic mass is 10.1. The third-order valence-corrected chi connectivity index (χ3v) is 5.70. The van der Waals surface area contributed by atoms with E-state index in [1.165, 1.54) is 4.90 Å². The smallest absolute Gasteiger partial charge is 0.279 e. The number of nitrogens with one attached hydrogen (secondary N) is 3. The number of hydrogen-bond donors (Lipinski definition) is 3. The number of rotatable bonds is 7. The highest BCUT2D eigenvalue weighted by Crippen LogP contribution is 2.18. The molecule has 1 aliphatic rings. The number of quaternary nitrogens is 2. The zero-order chi connectivity index (χ0) is 21.7. The minimum atomic E-state index is 0.0279. The molecule has 1 saturated heterocycles. The van der Waals surface area contributed by atoms with E-state index in [0.29, 0.717) is 32.7 Å². The van der Waals surface area contributed by atoms with Crippen molar-refractivity contribution < 1.29 is 23.8 Å². The molecule has 3 rings (SSSR count). The van der Waals surface area contributed by atoms with Crippen LogP contribution in [0.3, 0.4) is 0 Å². The number of hydrogen-bond acceptors (Lipinski definition) is 3. The van der Waals surface area contributed by atoms with Gasteiger partial charge in [-0.15, -0.1) is 0 Å². The van der Waals surface area contributed by atoms with Crippen LogP contribution in [0.1, 0.15) is 22.6 Å². The third-order valence-electron chi connectivity index (χ3n) is 5.70. The summed E-state index contributed by atoms with van der Waals surface area (Å²) in [6.45, 7) is 10.5. The zero-order valence-electron chi connectivity index (χ0n) is 18.5. The molecule has 1 aliphatic heterocycles. The van der Waals surface area contributed by atoms with E-state index in [0.717, 1.165) is 46.3 Å². The Balaban J connectivity index is 1.41. The first kappa shape index (κ1) is 22.1. The number of amides is 2. The fourth-order valence-electron chi connectivity index (χ4n) is 3.98. The van der Waals surface area contributed by atoms with Crippen molar-refractivity contribution in [3.63, 3.8) is 0 Å². The van der Waals surface area contributed by atoms with Crippen molar-refractivity contribution in [2.45, 2.75) is 27.3 Å². The maximum absolute atomic E-state index is 12.6. The van der Waals surface area contributed by atoms with Crippen molar-refractivity contribution in [2.24, 2.45) is 0 Å². The molecule has 2 heterocycles. The number of anilines is 1. The molecule has 2 aromatic rings. The molecule has 1 aromatic heterocycles. The summed E-state index contributed by atoms with van der Waals surface area (Å²) in [5.41, 5.74) is 3.06. The molecule has 30 heavy (non-hydrogen) atoms. The summed E-state index contributed by atoms with van der Waals surface area (Å²) in [7, 11) is 2.01. The summed E-state index contributed by atoms with van der Waals surface area (Å²) >= 11 is 0. The number of carbonyl (C=O) groups is 2. The Morgan fingerprint density at radius 3 is 2.37 bits per heavy atom. The summed E-state index contributed by atoms with van der Waals surface area (Å²) in [5.74, 6) is 1.99. The molecule has 1 aromatic carbocycles. The van der Waals surface area contributed by atoms with Gasteiger partial charge >= 0.3 is 0 Å². The molecule has 162 valence electrons. The van der Waals surface area contributed by atoms with Gasteiger partial charge in [0.25, 0.3) is 11.8 Å². The molecule has 7 heteroatoms. The second kappa shape index (κ2) is 9.91. The monoisotopic (exact) mass is 414 g/mol. The second-order valence-electron chi connectivity index (χ2n) is 8.45. The largest absolute Gasteiger partial charge is 0.460 e. The van der Waals surface area contributed by atoms with Crippen LogP contribution < -0.4 is 15.1 Å². The van der Waals surface area contributed by atoms with Crippen LogP contribution in [0.2, 0.25) is 0 Å². The van der Waals surface area contributed by atoms with Crippen LogP contribution in [0.5, 0.6) is 0 Å². The summed E-state index contributed by atoms with van der Waals surface area (Å²) in [5, 5.41) is 3.06. The number of carbonyl (C=O) groups excluding carboxylic acids is 2. The van der Waals surface area contributed by atoms with Gasteiger partial charge in [0, 0.05) is 5.69 Å². The maximum Gasteiger partial charge on any atom is 0.279 e. The van der Waals surface area contributed by atoms with Crippen molar-refractivity contribution in [1.82, 2.24) is 4.90 Å². The Hall–Kier alpha value is -2.64. The van der Waals surface area contributed by atoms with Gasteiger partial charge < -0.3 is 24.4 Å². The van der Waals surface area contributed by atoms with E-state index in [4.69, 9.17) is 4.42 Å². The number of para-hydroxylation sites is 1. The number of aryl methyl sites for hydroxylation is 3. The highest BCUT2D eigenvalue weighted by molar-refractivity contribution is 5.93. The number of piperazine rings is 1. The highest BCUT2D eigenvalue weighted by Gasteiger charge is 2.27. The van der Waals surface area contributed by atoms with Crippen molar-refractivity contribution in [2.75, 3.05) is 51.6 Å². The average Bonchev–Trinajstić information content (AvgIpc) is 3.09. The number of furan rings is 1. The predicted molar refractivity (Wildman–Crippen MR) is 116 cm³/mol. The number of nitrogens with zero attached hydrogens (tertiary/aromatic N) is 1. The lowest BCUT2D eigenvalue weighted by Gasteiger charge is -2.32.